The van der Waals surface area contributed by atoms with E-state index in [0.29, 0.717) is 10.9 Å². The van der Waals surface area contributed by atoms with Gasteiger partial charge in [0.15, 0.2) is 0 Å². The molecule has 2 aromatic carbocycles. The van der Waals surface area contributed by atoms with E-state index in [1.54, 1.807) is 7.11 Å². The van der Waals surface area contributed by atoms with Gasteiger partial charge in [0.25, 0.3) is 0 Å². The van der Waals surface area contributed by atoms with Crippen molar-refractivity contribution in [1.29, 1.82) is 0 Å². The number of hydrogen-bond donors (Lipinski definition) is 0. The monoisotopic (exact) mass is 500 g/mol. The van der Waals surface area contributed by atoms with Gasteiger partial charge in [-0.05, 0) is 55.7 Å². The summed E-state index contributed by atoms with van der Waals surface area (Å²) >= 11 is 6.72. The third-order valence-electron chi connectivity index (χ3n) is 6.79. The maximum Gasteiger partial charge on any atom is 0.245 e. The normalized spacial score (nSPS) is 16.1. The minimum atomic E-state index is 0. The molecule has 5 rings (SSSR count). The van der Waals surface area contributed by atoms with Crippen molar-refractivity contribution in [1.82, 2.24) is 14.8 Å². The highest BCUT2D eigenvalue weighted by atomic mass is 35.5. The standard InChI is InChI=1S/C27H33ClN4O.ClH/c1-4-14-31(23(16-19-10-11-19)20-8-6-5-7-9-20)27-29-26(21-12-13-21)32(30-27)24-15-18(2)25(33-3)17-22(24)28;/h5-9,15,17,19,21,23H,4,10-14,16H2,1-3H3;1H. The summed E-state index contributed by atoms with van der Waals surface area (Å²) in [5.74, 6) is 3.89. The molecule has 5 nitrogen and oxygen atoms in total. The van der Waals surface area contributed by atoms with Gasteiger partial charge in [0.2, 0.25) is 5.95 Å². The molecular formula is C27H34Cl2N4O. The van der Waals surface area contributed by atoms with Gasteiger partial charge >= 0.3 is 0 Å². The lowest BCUT2D eigenvalue weighted by Crippen LogP contribution is -2.31. The highest BCUT2D eigenvalue weighted by molar-refractivity contribution is 6.32. The van der Waals surface area contributed by atoms with Crippen molar-refractivity contribution in [2.24, 2.45) is 5.92 Å². The van der Waals surface area contributed by atoms with E-state index in [0.717, 1.165) is 66.9 Å². The summed E-state index contributed by atoms with van der Waals surface area (Å²) in [5.41, 5.74) is 3.27. The molecule has 2 saturated carbocycles. The summed E-state index contributed by atoms with van der Waals surface area (Å²) in [7, 11) is 1.67. The number of halogens is 2. The smallest absolute Gasteiger partial charge is 0.245 e. The van der Waals surface area contributed by atoms with Gasteiger partial charge < -0.3 is 9.64 Å². The Kier molecular flexibility index (Phi) is 7.73. The number of ether oxygens (including phenoxy) is 1. The quantitative estimate of drug-likeness (QED) is 0.293. The number of anilines is 1. The van der Waals surface area contributed by atoms with Crippen LogP contribution in [0, 0.1) is 12.8 Å². The van der Waals surface area contributed by atoms with Gasteiger partial charge in [0, 0.05) is 18.5 Å². The molecule has 2 aliphatic rings. The third-order valence-corrected chi connectivity index (χ3v) is 7.09. The van der Waals surface area contributed by atoms with Crippen molar-refractivity contribution in [2.45, 2.75) is 64.3 Å². The van der Waals surface area contributed by atoms with Crippen LogP contribution in [0.1, 0.15) is 74.4 Å². The van der Waals surface area contributed by atoms with Crippen LogP contribution in [-0.2, 0) is 0 Å². The zero-order valence-corrected chi connectivity index (χ0v) is 21.8. The van der Waals surface area contributed by atoms with Gasteiger partial charge in [-0.25, -0.2) is 4.68 Å². The van der Waals surface area contributed by atoms with Crippen LogP contribution in [-0.4, -0.2) is 28.4 Å². The molecule has 34 heavy (non-hydrogen) atoms. The molecule has 1 aromatic heterocycles. The summed E-state index contributed by atoms with van der Waals surface area (Å²) in [5, 5.41) is 5.73. The van der Waals surface area contributed by atoms with Crippen LogP contribution in [0.2, 0.25) is 5.02 Å². The molecule has 0 aliphatic heterocycles. The van der Waals surface area contributed by atoms with Crippen LogP contribution >= 0.6 is 24.0 Å². The average molecular weight is 502 g/mol. The number of aryl methyl sites for hydroxylation is 1. The van der Waals surface area contributed by atoms with Crippen molar-refractivity contribution in [3.8, 4) is 11.4 Å². The van der Waals surface area contributed by atoms with Crippen molar-refractivity contribution < 1.29 is 4.74 Å². The highest BCUT2D eigenvalue weighted by Gasteiger charge is 2.35. The summed E-state index contributed by atoms with van der Waals surface area (Å²) in [6.45, 7) is 5.20. The number of hydrogen-bond acceptors (Lipinski definition) is 4. The molecule has 2 fully saturated rings. The zero-order valence-electron chi connectivity index (χ0n) is 20.2. The molecule has 2 aliphatic carbocycles. The first-order chi connectivity index (χ1) is 16.1. The number of methoxy groups -OCH3 is 1. The lowest BCUT2D eigenvalue weighted by atomic mass is 9.99. The average Bonchev–Trinajstić information content (AvgIpc) is 3.77. The maximum atomic E-state index is 6.72. The van der Waals surface area contributed by atoms with Gasteiger partial charge in [-0.3, -0.25) is 0 Å². The molecule has 182 valence electrons. The molecule has 7 heteroatoms. The molecule has 1 heterocycles. The Bertz CT molecular complexity index is 1110. The Labute approximate surface area is 213 Å². The molecule has 0 N–H and O–H groups in total. The molecule has 1 unspecified atom stereocenters. The number of rotatable bonds is 10. The van der Waals surface area contributed by atoms with Crippen LogP contribution in [0.4, 0.5) is 5.95 Å². The first kappa shape index (κ1) is 24.9. The SMILES string of the molecule is CCCN(c1nc(C2CC2)n(-c2cc(C)c(OC)cc2Cl)n1)C(CC1CC1)c1ccccc1.Cl. The van der Waals surface area contributed by atoms with Crippen LogP contribution < -0.4 is 9.64 Å². The second-order valence-corrected chi connectivity index (χ2v) is 9.94. The largest absolute Gasteiger partial charge is 0.496 e. The van der Waals surface area contributed by atoms with Gasteiger partial charge in [0.1, 0.15) is 11.6 Å². The van der Waals surface area contributed by atoms with Gasteiger partial charge in [-0.15, -0.1) is 17.5 Å². The van der Waals surface area contributed by atoms with E-state index in [4.69, 9.17) is 26.4 Å². The van der Waals surface area contributed by atoms with Crippen LogP contribution in [0.25, 0.3) is 5.69 Å². The summed E-state index contributed by atoms with van der Waals surface area (Å²) in [6.07, 6.45) is 7.17. The van der Waals surface area contributed by atoms with Gasteiger partial charge in [-0.2, -0.15) is 4.98 Å². The third kappa shape index (κ3) is 5.21. The number of benzene rings is 2. The lowest BCUT2D eigenvalue weighted by molar-refractivity contribution is 0.411. The Morgan fingerprint density at radius 2 is 1.88 bits per heavy atom. The van der Waals surface area contributed by atoms with E-state index >= 15 is 0 Å². The lowest BCUT2D eigenvalue weighted by Gasteiger charge is -2.31. The second-order valence-electron chi connectivity index (χ2n) is 9.53. The van der Waals surface area contributed by atoms with E-state index in [9.17, 15) is 0 Å². The molecule has 0 bridgehead atoms. The Balaban J connectivity index is 0.00000274. The minimum absolute atomic E-state index is 0. The van der Waals surface area contributed by atoms with Crippen LogP contribution in [0.5, 0.6) is 5.75 Å². The minimum Gasteiger partial charge on any atom is -0.496 e. The fraction of sp³-hybridized carbons (Fsp3) is 0.481. The molecule has 0 radical (unpaired) electrons. The Hall–Kier alpha value is -2.24. The summed E-state index contributed by atoms with van der Waals surface area (Å²) < 4.78 is 7.46. The predicted octanol–water partition coefficient (Wildman–Crippen LogP) is 7.29. The van der Waals surface area contributed by atoms with Gasteiger partial charge in [0.05, 0.1) is 23.9 Å². The molecule has 3 aromatic rings. The summed E-state index contributed by atoms with van der Waals surface area (Å²) in [6, 6.07) is 15.1. The van der Waals surface area contributed by atoms with Crippen molar-refractivity contribution in [2.75, 3.05) is 18.6 Å². The van der Waals surface area contributed by atoms with Crippen LogP contribution in [0.3, 0.4) is 0 Å². The first-order valence-electron chi connectivity index (χ1n) is 12.2. The van der Waals surface area contributed by atoms with E-state index in [-0.39, 0.29) is 18.4 Å². The van der Waals surface area contributed by atoms with Crippen molar-refractivity contribution in [3.63, 3.8) is 0 Å². The topological polar surface area (TPSA) is 43.2 Å². The van der Waals surface area contributed by atoms with Crippen molar-refractivity contribution in [3.05, 3.63) is 64.4 Å². The molecule has 0 amide bonds. The molecule has 0 spiro atoms. The molecule has 1 atom stereocenters. The van der Waals surface area contributed by atoms with E-state index in [2.05, 4.69) is 48.2 Å². The Morgan fingerprint density at radius 1 is 1.15 bits per heavy atom. The number of nitrogens with zero attached hydrogens (tertiary/aromatic N) is 4. The zero-order chi connectivity index (χ0) is 22.9. The summed E-state index contributed by atoms with van der Waals surface area (Å²) in [4.78, 5) is 7.57. The first-order valence-corrected chi connectivity index (χ1v) is 12.6. The Morgan fingerprint density at radius 3 is 2.50 bits per heavy atom. The fourth-order valence-corrected chi connectivity index (χ4v) is 4.91. The predicted molar refractivity (Wildman–Crippen MR) is 141 cm³/mol. The molecule has 0 saturated heterocycles. The number of aromatic nitrogens is 3. The van der Waals surface area contributed by atoms with E-state index < -0.39 is 0 Å². The highest BCUT2D eigenvalue weighted by Crippen LogP contribution is 2.44. The van der Waals surface area contributed by atoms with E-state index in [1.807, 2.05) is 17.7 Å². The van der Waals surface area contributed by atoms with Crippen LogP contribution in [0.15, 0.2) is 42.5 Å². The van der Waals surface area contributed by atoms with Gasteiger partial charge in [-0.1, -0.05) is 61.7 Å². The fourth-order valence-electron chi connectivity index (χ4n) is 4.67. The second kappa shape index (κ2) is 10.6. The van der Waals surface area contributed by atoms with Crippen molar-refractivity contribution >= 4 is 30.0 Å². The van der Waals surface area contributed by atoms with E-state index in [1.165, 1.54) is 18.4 Å². The maximum absolute atomic E-state index is 6.72. The molecular weight excluding hydrogens is 467 g/mol.